The fraction of sp³-hybridized carbons (Fsp3) is 0.211. The molecule has 1 N–H and O–H groups in total. The maximum absolute atomic E-state index is 5.40. The molecule has 0 aliphatic carbocycles. The lowest BCUT2D eigenvalue weighted by Crippen LogP contribution is -2.12. The summed E-state index contributed by atoms with van der Waals surface area (Å²) < 4.78 is 16.0. The Kier molecular flexibility index (Phi) is 4.54. The molecule has 1 aliphatic rings. The van der Waals surface area contributed by atoms with Crippen LogP contribution in [0, 0.1) is 0 Å². The van der Waals surface area contributed by atoms with Crippen molar-refractivity contribution in [2.45, 2.75) is 13.1 Å². The highest BCUT2D eigenvalue weighted by atomic mass is 32.1. The normalized spacial score (nSPS) is 12.4. The number of rotatable bonds is 6. The lowest BCUT2D eigenvalue weighted by Gasteiger charge is -2.04. The van der Waals surface area contributed by atoms with Crippen LogP contribution in [0.25, 0.3) is 10.4 Å². The van der Waals surface area contributed by atoms with Gasteiger partial charge in [-0.05, 0) is 35.4 Å². The highest BCUT2D eigenvalue weighted by Gasteiger charge is 2.13. The lowest BCUT2D eigenvalue weighted by molar-refractivity contribution is 0.174. The third-order valence-corrected chi connectivity index (χ3v) is 5.00. The minimum Gasteiger partial charge on any atom is -0.497 e. The van der Waals surface area contributed by atoms with Gasteiger partial charge in [-0.25, -0.2) is 4.98 Å². The number of methoxy groups -OCH3 is 1. The molecular weight excluding hydrogens is 336 g/mol. The van der Waals surface area contributed by atoms with E-state index >= 15 is 0 Å². The number of hydrogen-bond donors (Lipinski definition) is 1. The quantitative estimate of drug-likeness (QED) is 0.729. The van der Waals surface area contributed by atoms with Gasteiger partial charge >= 0.3 is 0 Å². The van der Waals surface area contributed by atoms with Crippen molar-refractivity contribution in [3.8, 4) is 27.7 Å². The fourth-order valence-electron chi connectivity index (χ4n) is 2.67. The maximum atomic E-state index is 5.40. The third kappa shape index (κ3) is 3.60. The molecule has 4 rings (SSSR count). The second-order valence-electron chi connectivity index (χ2n) is 5.64. The Morgan fingerprint density at radius 1 is 1.12 bits per heavy atom. The fourth-order valence-corrected chi connectivity index (χ4v) is 3.55. The maximum Gasteiger partial charge on any atom is 0.231 e. The second-order valence-corrected chi connectivity index (χ2v) is 6.76. The van der Waals surface area contributed by atoms with Crippen LogP contribution in [-0.4, -0.2) is 18.9 Å². The van der Waals surface area contributed by atoms with Crippen LogP contribution >= 0.6 is 11.3 Å². The summed E-state index contributed by atoms with van der Waals surface area (Å²) >= 11 is 1.69. The van der Waals surface area contributed by atoms with Gasteiger partial charge in [-0.3, -0.25) is 0 Å². The van der Waals surface area contributed by atoms with E-state index < -0.39 is 0 Å². The van der Waals surface area contributed by atoms with Crippen molar-refractivity contribution in [2.75, 3.05) is 13.9 Å². The van der Waals surface area contributed by atoms with Crippen LogP contribution in [-0.2, 0) is 13.1 Å². The van der Waals surface area contributed by atoms with Crippen molar-refractivity contribution < 1.29 is 14.2 Å². The third-order valence-electron chi connectivity index (χ3n) is 3.95. The van der Waals surface area contributed by atoms with E-state index in [1.807, 2.05) is 42.6 Å². The number of fused-ring (bicyclic) bond motifs is 1. The Hall–Kier alpha value is -2.57. The SMILES string of the molecule is COc1cccc(-c2cnc(CNCc3ccc4c(c3)OCO4)s2)c1. The van der Waals surface area contributed by atoms with Crippen LogP contribution in [0.4, 0.5) is 0 Å². The van der Waals surface area contributed by atoms with E-state index in [2.05, 4.69) is 16.4 Å². The van der Waals surface area contributed by atoms with Gasteiger partial charge in [0.05, 0.1) is 12.0 Å². The zero-order valence-corrected chi connectivity index (χ0v) is 14.6. The first kappa shape index (κ1) is 15.9. The molecule has 128 valence electrons. The molecule has 2 heterocycles. The van der Waals surface area contributed by atoms with Gasteiger partial charge in [0.15, 0.2) is 11.5 Å². The van der Waals surface area contributed by atoms with E-state index in [9.17, 15) is 0 Å². The molecule has 0 bridgehead atoms. The highest BCUT2D eigenvalue weighted by Crippen LogP contribution is 2.32. The molecule has 3 aromatic rings. The van der Waals surface area contributed by atoms with Crippen molar-refractivity contribution in [3.63, 3.8) is 0 Å². The number of benzene rings is 2. The number of nitrogens with zero attached hydrogens (tertiary/aromatic N) is 1. The molecule has 6 heteroatoms. The van der Waals surface area contributed by atoms with E-state index in [1.54, 1.807) is 18.4 Å². The van der Waals surface area contributed by atoms with Gasteiger partial charge in [0.2, 0.25) is 6.79 Å². The smallest absolute Gasteiger partial charge is 0.231 e. The van der Waals surface area contributed by atoms with Gasteiger partial charge in [-0.1, -0.05) is 18.2 Å². The zero-order valence-electron chi connectivity index (χ0n) is 13.8. The van der Waals surface area contributed by atoms with Crippen LogP contribution in [0.3, 0.4) is 0 Å². The molecule has 0 spiro atoms. The first-order chi connectivity index (χ1) is 12.3. The van der Waals surface area contributed by atoms with Crippen LogP contribution in [0.2, 0.25) is 0 Å². The lowest BCUT2D eigenvalue weighted by atomic mass is 10.2. The summed E-state index contributed by atoms with van der Waals surface area (Å²) in [6.45, 7) is 1.78. The molecule has 1 aliphatic heterocycles. The monoisotopic (exact) mass is 354 g/mol. The molecular formula is C19H18N2O3S. The molecule has 0 saturated heterocycles. The summed E-state index contributed by atoms with van der Waals surface area (Å²) in [5.74, 6) is 2.48. The molecule has 1 aromatic heterocycles. The molecule has 0 radical (unpaired) electrons. The van der Waals surface area contributed by atoms with Gasteiger partial charge in [-0.2, -0.15) is 0 Å². The Labute approximate surface area is 150 Å². The Bertz CT molecular complexity index is 879. The predicted molar refractivity (Wildman–Crippen MR) is 97.2 cm³/mol. The molecule has 0 amide bonds. The van der Waals surface area contributed by atoms with Crippen molar-refractivity contribution in [1.29, 1.82) is 0 Å². The number of nitrogens with one attached hydrogen (secondary N) is 1. The van der Waals surface area contributed by atoms with Gasteiger partial charge in [0.25, 0.3) is 0 Å². The second kappa shape index (κ2) is 7.13. The topological polar surface area (TPSA) is 52.6 Å². The summed E-state index contributed by atoms with van der Waals surface area (Å²) in [7, 11) is 1.68. The van der Waals surface area contributed by atoms with Crippen molar-refractivity contribution in [1.82, 2.24) is 10.3 Å². The molecule has 5 nitrogen and oxygen atoms in total. The minimum absolute atomic E-state index is 0.304. The molecule has 0 fully saturated rings. The van der Waals surface area contributed by atoms with E-state index in [0.717, 1.165) is 51.3 Å². The van der Waals surface area contributed by atoms with Gasteiger partial charge in [0.1, 0.15) is 10.8 Å². The highest BCUT2D eigenvalue weighted by molar-refractivity contribution is 7.15. The number of aromatic nitrogens is 1. The summed E-state index contributed by atoms with van der Waals surface area (Å²) in [4.78, 5) is 5.65. The van der Waals surface area contributed by atoms with E-state index in [-0.39, 0.29) is 0 Å². The number of thiazole rings is 1. The number of hydrogen-bond acceptors (Lipinski definition) is 6. The summed E-state index contributed by atoms with van der Waals surface area (Å²) in [5.41, 5.74) is 2.28. The standard InChI is InChI=1S/C19H18N2O3S/c1-22-15-4-2-3-14(8-15)18-10-21-19(25-18)11-20-9-13-5-6-16-17(7-13)24-12-23-16/h2-8,10,20H,9,11-12H2,1H3. The molecule has 2 aromatic carbocycles. The van der Waals surface area contributed by atoms with Crippen molar-refractivity contribution in [3.05, 3.63) is 59.2 Å². The summed E-state index contributed by atoms with van der Waals surface area (Å²) in [6.07, 6.45) is 1.91. The molecule has 25 heavy (non-hydrogen) atoms. The Morgan fingerprint density at radius 2 is 2.04 bits per heavy atom. The van der Waals surface area contributed by atoms with E-state index in [1.165, 1.54) is 0 Å². The van der Waals surface area contributed by atoms with E-state index in [0.29, 0.717) is 6.79 Å². The van der Waals surface area contributed by atoms with Crippen LogP contribution in [0.5, 0.6) is 17.2 Å². The van der Waals surface area contributed by atoms with Gasteiger partial charge < -0.3 is 19.5 Å². The van der Waals surface area contributed by atoms with Crippen LogP contribution < -0.4 is 19.5 Å². The van der Waals surface area contributed by atoms with Crippen molar-refractivity contribution in [2.24, 2.45) is 0 Å². The predicted octanol–water partition coefficient (Wildman–Crippen LogP) is 3.84. The average molecular weight is 354 g/mol. The summed E-state index contributed by atoms with van der Waals surface area (Å²) in [5, 5.41) is 4.48. The van der Waals surface area contributed by atoms with E-state index in [4.69, 9.17) is 14.2 Å². The largest absolute Gasteiger partial charge is 0.497 e. The number of ether oxygens (including phenoxy) is 3. The molecule has 0 atom stereocenters. The Morgan fingerprint density at radius 3 is 2.96 bits per heavy atom. The first-order valence-electron chi connectivity index (χ1n) is 8.00. The van der Waals surface area contributed by atoms with Crippen molar-refractivity contribution >= 4 is 11.3 Å². The minimum atomic E-state index is 0.304. The molecule has 0 unspecified atom stereocenters. The van der Waals surface area contributed by atoms with Crippen LogP contribution in [0.1, 0.15) is 10.6 Å². The van der Waals surface area contributed by atoms with Crippen LogP contribution in [0.15, 0.2) is 48.7 Å². The zero-order chi connectivity index (χ0) is 17.1. The van der Waals surface area contributed by atoms with Gasteiger partial charge in [-0.15, -0.1) is 11.3 Å². The summed E-state index contributed by atoms with van der Waals surface area (Å²) in [6, 6.07) is 14.0. The molecule has 0 saturated carbocycles. The first-order valence-corrected chi connectivity index (χ1v) is 8.82. The van der Waals surface area contributed by atoms with Gasteiger partial charge in [0, 0.05) is 19.3 Å². The average Bonchev–Trinajstić information content (AvgIpc) is 3.30. The Balaban J connectivity index is 1.37.